The number of aromatic nitrogens is 2. The molecule has 0 aliphatic carbocycles. The second-order valence-corrected chi connectivity index (χ2v) is 6.33. The van der Waals surface area contributed by atoms with E-state index >= 15 is 0 Å². The molecule has 1 aromatic heterocycles. The molecule has 1 amide bonds. The molecule has 0 radical (unpaired) electrons. The van der Waals surface area contributed by atoms with Gasteiger partial charge in [0.05, 0.1) is 10.7 Å². The molecule has 1 aromatic carbocycles. The first-order valence-electron chi connectivity index (χ1n) is 7.32. The van der Waals surface area contributed by atoms with Crippen molar-refractivity contribution in [1.29, 1.82) is 0 Å². The van der Waals surface area contributed by atoms with Gasteiger partial charge in [-0.2, -0.15) is 5.10 Å². The Hall–Kier alpha value is -2.05. The predicted molar refractivity (Wildman–Crippen MR) is 92.1 cm³/mol. The summed E-state index contributed by atoms with van der Waals surface area (Å²) in [6, 6.07) is 6.40. The van der Waals surface area contributed by atoms with Gasteiger partial charge in [0.25, 0.3) is 5.91 Å². The summed E-state index contributed by atoms with van der Waals surface area (Å²) in [6.07, 6.45) is 0.346. The van der Waals surface area contributed by atoms with Gasteiger partial charge < -0.3 is 10.4 Å². The lowest BCUT2D eigenvalue weighted by Gasteiger charge is -2.11. The molecular formula is C16H17Cl2N3O3. The van der Waals surface area contributed by atoms with Crippen molar-refractivity contribution in [2.45, 2.75) is 32.7 Å². The van der Waals surface area contributed by atoms with Gasteiger partial charge in [-0.15, -0.1) is 0 Å². The van der Waals surface area contributed by atoms with Crippen LogP contribution in [0.3, 0.4) is 0 Å². The molecule has 1 atom stereocenters. The van der Waals surface area contributed by atoms with Crippen molar-refractivity contribution in [1.82, 2.24) is 15.1 Å². The number of carbonyl (C=O) groups excluding carboxylic acids is 1. The summed E-state index contributed by atoms with van der Waals surface area (Å²) in [4.78, 5) is 22.8. The normalized spacial score (nSPS) is 12.0. The van der Waals surface area contributed by atoms with Crippen LogP contribution in [0.4, 0.5) is 0 Å². The third-order valence-corrected chi connectivity index (χ3v) is 3.96. The summed E-state index contributed by atoms with van der Waals surface area (Å²) < 4.78 is 1.56. The zero-order valence-corrected chi connectivity index (χ0v) is 14.7. The summed E-state index contributed by atoms with van der Waals surface area (Å²) in [5.74, 6) is -1.26. The van der Waals surface area contributed by atoms with Crippen LogP contribution in [0.25, 0.3) is 5.69 Å². The number of halogens is 2. The molecule has 0 aliphatic heterocycles. The van der Waals surface area contributed by atoms with Crippen molar-refractivity contribution in [2.24, 2.45) is 0 Å². The molecule has 0 bridgehead atoms. The van der Waals surface area contributed by atoms with E-state index in [-0.39, 0.29) is 24.1 Å². The van der Waals surface area contributed by atoms with Gasteiger partial charge in [0, 0.05) is 23.2 Å². The molecule has 0 aliphatic rings. The van der Waals surface area contributed by atoms with Crippen molar-refractivity contribution < 1.29 is 14.7 Å². The number of carboxylic acid groups (broad SMARTS) is 1. The minimum atomic E-state index is -0.895. The fourth-order valence-corrected chi connectivity index (χ4v) is 2.68. The second kappa shape index (κ2) is 7.68. The minimum Gasteiger partial charge on any atom is -0.481 e. The average molecular weight is 370 g/mol. The molecule has 1 unspecified atom stereocenters. The summed E-state index contributed by atoms with van der Waals surface area (Å²) in [5, 5.41) is 16.6. The van der Waals surface area contributed by atoms with Gasteiger partial charge in [0.1, 0.15) is 0 Å². The fraction of sp³-hybridized carbons (Fsp3) is 0.312. The van der Waals surface area contributed by atoms with Gasteiger partial charge >= 0.3 is 5.97 Å². The van der Waals surface area contributed by atoms with Crippen LogP contribution in [0, 0.1) is 6.92 Å². The SMILES string of the molecule is Cc1cc(C(=O)NC(C)CCC(=O)O)nn1-c1ccc(Cl)cc1Cl. The van der Waals surface area contributed by atoms with Crippen LogP contribution < -0.4 is 5.32 Å². The van der Waals surface area contributed by atoms with E-state index in [2.05, 4.69) is 10.4 Å². The third kappa shape index (κ3) is 4.49. The molecule has 1 heterocycles. The lowest BCUT2D eigenvalue weighted by Crippen LogP contribution is -2.33. The second-order valence-electron chi connectivity index (χ2n) is 5.49. The number of nitrogens with zero attached hydrogens (tertiary/aromatic N) is 2. The maximum Gasteiger partial charge on any atom is 0.303 e. The quantitative estimate of drug-likeness (QED) is 0.816. The van der Waals surface area contributed by atoms with Gasteiger partial charge in [-0.3, -0.25) is 9.59 Å². The van der Waals surface area contributed by atoms with Crippen LogP contribution in [-0.4, -0.2) is 32.8 Å². The monoisotopic (exact) mass is 369 g/mol. The lowest BCUT2D eigenvalue weighted by atomic mass is 10.2. The number of nitrogens with one attached hydrogen (secondary N) is 1. The van der Waals surface area contributed by atoms with Crippen molar-refractivity contribution in [3.05, 3.63) is 45.7 Å². The average Bonchev–Trinajstić information content (AvgIpc) is 2.87. The number of aryl methyl sites for hydroxylation is 1. The summed E-state index contributed by atoms with van der Waals surface area (Å²) in [7, 11) is 0. The largest absolute Gasteiger partial charge is 0.481 e. The molecular weight excluding hydrogens is 353 g/mol. The van der Waals surface area contributed by atoms with Crippen LogP contribution in [0.2, 0.25) is 10.0 Å². The molecule has 0 saturated carbocycles. The fourth-order valence-electron chi connectivity index (χ4n) is 2.19. The zero-order valence-electron chi connectivity index (χ0n) is 13.2. The van der Waals surface area contributed by atoms with Gasteiger partial charge in [0.2, 0.25) is 0 Å². The topological polar surface area (TPSA) is 84.2 Å². The van der Waals surface area contributed by atoms with Crippen molar-refractivity contribution in [3.63, 3.8) is 0 Å². The van der Waals surface area contributed by atoms with E-state index in [0.717, 1.165) is 5.69 Å². The number of hydrogen-bond acceptors (Lipinski definition) is 3. The Kier molecular flexibility index (Phi) is 5.85. The Morgan fingerprint density at radius 2 is 2.04 bits per heavy atom. The molecule has 128 valence electrons. The number of rotatable bonds is 6. The maximum absolute atomic E-state index is 12.2. The van der Waals surface area contributed by atoms with E-state index in [1.807, 2.05) is 6.92 Å². The van der Waals surface area contributed by atoms with Crippen molar-refractivity contribution >= 4 is 35.1 Å². The van der Waals surface area contributed by atoms with E-state index < -0.39 is 5.97 Å². The van der Waals surface area contributed by atoms with E-state index in [1.165, 1.54) is 0 Å². The Bertz CT molecular complexity index is 774. The Balaban J connectivity index is 2.16. The summed E-state index contributed by atoms with van der Waals surface area (Å²) in [5.41, 5.74) is 1.60. The zero-order chi connectivity index (χ0) is 17.9. The number of benzene rings is 1. The Morgan fingerprint density at radius 1 is 1.33 bits per heavy atom. The van der Waals surface area contributed by atoms with Crippen LogP contribution in [0.1, 0.15) is 35.9 Å². The molecule has 6 nitrogen and oxygen atoms in total. The smallest absolute Gasteiger partial charge is 0.303 e. The van der Waals surface area contributed by atoms with Crippen molar-refractivity contribution in [3.8, 4) is 5.69 Å². The van der Waals surface area contributed by atoms with Crippen molar-refractivity contribution in [2.75, 3.05) is 0 Å². The maximum atomic E-state index is 12.2. The number of aliphatic carboxylic acids is 1. The first-order valence-corrected chi connectivity index (χ1v) is 8.08. The number of hydrogen-bond donors (Lipinski definition) is 2. The summed E-state index contributed by atoms with van der Waals surface area (Å²) in [6.45, 7) is 3.56. The molecule has 0 saturated heterocycles. The Labute approximate surface area is 149 Å². The number of carbonyl (C=O) groups is 2. The lowest BCUT2D eigenvalue weighted by molar-refractivity contribution is -0.137. The molecule has 8 heteroatoms. The van der Waals surface area contributed by atoms with Crippen LogP contribution >= 0.6 is 23.2 Å². The highest BCUT2D eigenvalue weighted by Gasteiger charge is 2.17. The highest BCUT2D eigenvalue weighted by molar-refractivity contribution is 6.35. The first kappa shape index (κ1) is 18.3. The number of amides is 1. The predicted octanol–water partition coefficient (Wildman–Crippen LogP) is 3.47. The van der Waals surface area contributed by atoms with Crippen LogP contribution in [0.5, 0.6) is 0 Å². The van der Waals surface area contributed by atoms with Gasteiger partial charge in [-0.25, -0.2) is 4.68 Å². The van der Waals surface area contributed by atoms with E-state index in [0.29, 0.717) is 22.2 Å². The van der Waals surface area contributed by atoms with E-state index in [4.69, 9.17) is 28.3 Å². The van der Waals surface area contributed by atoms with Gasteiger partial charge in [-0.1, -0.05) is 23.2 Å². The third-order valence-electron chi connectivity index (χ3n) is 3.43. The first-order chi connectivity index (χ1) is 11.3. The van der Waals surface area contributed by atoms with Gasteiger partial charge in [-0.05, 0) is 44.5 Å². The minimum absolute atomic E-state index is 0.00467. The van der Waals surface area contributed by atoms with E-state index in [9.17, 15) is 9.59 Å². The van der Waals surface area contributed by atoms with Gasteiger partial charge in [0.15, 0.2) is 5.69 Å². The Morgan fingerprint density at radius 3 is 2.67 bits per heavy atom. The summed E-state index contributed by atoms with van der Waals surface area (Å²) >= 11 is 12.1. The molecule has 2 N–H and O–H groups in total. The highest BCUT2D eigenvalue weighted by atomic mass is 35.5. The molecule has 0 fully saturated rings. The van der Waals surface area contributed by atoms with Crippen LogP contribution in [0.15, 0.2) is 24.3 Å². The molecule has 2 rings (SSSR count). The molecule has 24 heavy (non-hydrogen) atoms. The van der Waals surface area contributed by atoms with E-state index in [1.54, 1.807) is 35.9 Å². The molecule has 2 aromatic rings. The highest BCUT2D eigenvalue weighted by Crippen LogP contribution is 2.25. The van der Waals surface area contributed by atoms with Crippen LogP contribution in [-0.2, 0) is 4.79 Å². The number of carboxylic acids is 1. The molecule has 0 spiro atoms. The standard InChI is InChI=1S/C16H17Cl2N3O3/c1-9(3-6-15(22)23)19-16(24)13-7-10(2)21(20-13)14-5-4-11(17)8-12(14)18/h4-5,7-9H,3,6H2,1-2H3,(H,19,24)(H,22,23).